The third-order valence-corrected chi connectivity index (χ3v) is 5.18. The van der Waals surface area contributed by atoms with E-state index in [1.807, 2.05) is 43.9 Å². The van der Waals surface area contributed by atoms with Gasteiger partial charge in [-0.3, -0.25) is 4.79 Å². The van der Waals surface area contributed by atoms with Crippen molar-refractivity contribution in [3.05, 3.63) is 76.7 Å². The summed E-state index contributed by atoms with van der Waals surface area (Å²) in [5.41, 5.74) is 9.77. The topological polar surface area (TPSA) is 72.3 Å². The predicted octanol–water partition coefficient (Wildman–Crippen LogP) is 6.09. The van der Waals surface area contributed by atoms with Crippen molar-refractivity contribution in [1.29, 1.82) is 0 Å². The number of amides is 1. The Morgan fingerprint density at radius 3 is 2.06 bits per heavy atom. The largest absolute Gasteiger partial charge is 0.309 e. The minimum Gasteiger partial charge on any atom is -0.309 e. The van der Waals surface area contributed by atoms with Gasteiger partial charge in [0.25, 0.3) is 0 Å². The third kappa shape index (κ3) is 9.24. The van der Waals surface area contributed by atoms with Crippen LogP contribution in [0.1, 0.15) is 45.6 Å². The molecule has 1 aliphatic heterocycles. The zero-order valence-electron chi connectivity index (χ0n) is 19.4. The fraction of sp³-hybridized carbons (Fsp3) is 0.480. The van der Waals surface area contributed by atoms with Crippen LogP contribution in [0, 0.1) is 0 Å². The van der Waals surface area contributed by atoms with Gasteiger partial charge >= 0.3 is 0 Å². The van der Waals surface area contributed by atoms with Crippen LogP contribution >= 0.6 is 0 Å². The van der Waals surface area contributed by atoms with Crippen LogP contribution in [0.4, 0.5) is 5.69 Å². The maximum Gasteiger partial charge on any atom is 0.226 e. The summed E-state index contributed by atoms with van der Waals surface area (Å²) in [5, 5.41) is 2.92. The Balaban J connectivity index is 0.000000720. The summed E-state index contributed by atoms with van der Waals surface area (Å²) in [6, 6.07) is 21.1. The van der Waals surface area contributed by atoms with Gasteiger partial charge in [0.2, 0.25) is 5.91 Å². The number of piperidine rings is 1. The monoisotopic (exact) mass is 423 g/mol. The third-order valence-electron chi connectivity index (χ3n) is 5.18. The van der Waals surface area contributed by atoms with E-state index < -0.39 is 0 Å². The van der Waals surface area contributed by atoms with Gasteiger partial charge in [0, 0.05) is 49.7 Å². The maximum atomic E-state index is 12.5. The van der Waals surface area contributed by atoms with Gasteiger partial charge in [-0.15, -0.1) is 0 Å². The molecule has 6 nitrogen and oxygen atoms in total. The van der Waals surface area contributed by atoms with Crippen molar-refractivity contribution >= 4 is 11.6 Å². The highest BCUT2D eigenvalue weighted by molar-refractivity contribution is 5.93. The molecule has 0 N–H and O–H groups in total. The zero-order valence-corrected chi connectivity index (χ0v) is 19.4. The highest BCUT2D eigenvalue weighted by atomic mass is 16.2. The van der Waals surface area contributed by atoms with Gasteiger partial charge in [-0.2, -0.15) is 0 Å². The minimum absolute atomic E-state index is 0.230. The van der Waals surface area contributed by atoms with E-state index in [1.165, 1.54) is 12.6 Å². The molecule has 0 aliphatic carbocycles. The number of rotatable bonds is 6. The van der Waals surface area contributed by atoms with Crippen molar-refractivity contribution in [2.45, 2.75) is 52.5 Å². The Bertz CT molecular complexity index is 767. The van der Waals surface area contributed by atoms with Gasteiger partial charge in [0.1, 0.15) is 0 Å². The molecule has 2 aromatic carbocycles. The van der Waals surface area contributed by atoms with Crippen molar-refractivity contribution < 1.29 is 4.79 Å². The van der Waals surface area contributed by atoms with E-state index in [-0.39, 0.29) is 5.91 Å². The van der Waals surface area contributed by atoms with Crippen molar-refractivity contribution in [3.63, 3.8) is 0 Å². The van der Waals surface area contributed by atoms with Gasteiger partial charge < -0.3 is 9.80 Å². The van der Waals surface area contributed by atoms with Gasteiger partial charge in [0.05, 0.1) is 0 Å². The quantitative estimate of drug-likeness (QED) is 0.320. The first-order chi connectivity index (χ1) is 15.2. The molecule has 0 spiro atoms. The van der Waals surface area contributed by atoms with Crippen LogP contribution < -0.4 is 4.90 Å². The zero-order chi connectivity index (χ0) is 22.9. The first-order valence-corrected chi connectivity index (χ1v) is 11.3. The van der Waals surface area contributed by atoms with Crippen molar-refractivity contribution in [3.8, 4) is 0 Å². The Kier molecular flexibility index (Phi) is 13.5. The molecule has 1 heterocycles. The minimum atomic E-state index is 0.230. The molecular weight excluding hydrogens is 386 g/mol. The molecule has 0 unspecified atom stereocenters. The first kappa shape index (κ1) is 26.2. The van der Waals surface area contributed by atoms with E-state index in [1.54, 1.807) is 0 Å². The molecule has 1 aliphatic rings. The van der Waals surface area contributed by atoms with Crippen LogP contribution in [0.25, 0.3) is 10.4 Å². The normalized spacial score (nSPS) is 13.5. The van der Waals surface area contributed by atoms with Gasteiger partial charge in [-0.1, -0.05) is 74.4 Å². The number of benzene rings is 2. The lowest BCUT2D eigenvalue weighted by atomic mass is 10.0. The summed E-state index contributed by atoms with van der Waals surface area (Å²) >= 11 is 0. The molecule has 1 amide bonds. The molecule has 2 aromatic rings. The Labute approximate surface area is 187 Å². The van der Waals surface area contributed by atoms with Crippen LogP contribution in [0.2, 0.25) is 0 Å². The predicted molar refractivity (Wildman–Crippen MR) is 130 cm³/mol. The number of likely N-dealkylation sites (tertiary alicyclic amines) is 1. The summed E-state index contributed by atoms with van der Waals surface area (Å²) in [7, 11) is 1.39. The molecule has 6 heteroatoms. The van der Waals surface area contributed by atoms with E-state index in [4.69, 9.17) is 5.53 Å². The molecule has 168 valence electrons. The summed E-state index contributed by atoms with van der Waals surface area (Å²) < 4.78 is 0. The summed E-state index contributed by atoms with van der Waals surface area (Å²) in [6.07, 6.45) is 3.76. The average molecular weight is 424 g/mol. The van der Waals surface area contributed by atoms with Crippen LogP contribution in [-0.4, -0.2) is 43.5 Å². The van der Waals surface area contributed by atoms with E-state index >= 15 is 0 Å². The highest BCUT2D eigenvalue weighted by Gasteiger charge is 2.28. The highest BCUT2D eigenvalue weighted by Crippen LogP contribution is 2.24. The number of azide groups is 1. The molecular formula is C25H37N5O. The van der Waals surface area contributed by atoms with E-state index in [0.29, 0.717) is 12.5 Å². The lowest BCUT2D eigenvalue weighted by Crippen LogP contribution is -2.47. The van der Waals surface area contributed by atoms with Crippen molar-refractivity contribution in [2.75, 3.05) is 31.6 Å². The number of anilines is 1. The SMILES string of the molecule is CC.CCC(=O)N(c1ccccc1)C1CCN(CCc2ccccc2)CC1.CN=[N+]=[N-]. The van der Waals surface area contributed by atoms with Crippen molar-refractivity contribution in [2.24, 2.45) is 5.11 Å². The maximum absolute atomic E-state index is 12.5. The van der Waals surface area contributed by atoms with E-state index in [9.17, 15) is 4.79 Å². The molecule has 0 saturated carbocycles. The number of carbonyl (C=O) groups is 1. The lowest BCUT2D eigenvalue weighted by molar-refractivity contribution is -0.119. The second-order valence-corrected chi connectivity index (χ2v) is 7.05. The number of para-hydroxylation sites is 1. The smallest absolute Gasteiger partial charge is 0.226 e. The number of hydrogen-bond acceptors (Lipinski definition) is 3. The molecule has 0 aromatic heterocycles. The Morgan fingerprint density at radius 1 is 1.06 bits per heavy atom. The molecule has 31 heavy (non-hydrogen) atoms. The number of hydrogen-bond donors (Lipinski definition) is 0. The molecule has 0 radical (unpaired) electrons. The first-order valence-electron chi connectivity index (χ1n) is 11.3. The fourth-order valence-electron chi connectivity index (χ4n) is 3.65. The summed E-state index contributed by atoms with van der Waals surface area (Å²) in [4.78, 5) is 19.4. The Hall–Kier alpha value is -2.82. The lowest BCUT2D eigenvalue weighted by Gasteiger charge is -2.38. The van der Waals surface area contributed by atoms with Gasteiger partial charge in [-0.05, 0) is 42.5 Å². The second-order valence-electron chi connectivity index (χ2n) is 7.05. The molecule has 0 bridgehead atoms. The van der Waals surface area contributed by atoms with Gasteiger partial charge in [0.15, 0.2) is 0 Å². The molecule has 0 atom stereocenters. The molecule has 3 rings (SSSR count). The van der Waals surface area contributed by atoms with Gasteiger partial charge in [-0.25, -0.2) is 0 Å². The van der Waals surface area contributed by atoms with E-state index in [0.717, 1.165) is 44.6 Å². The summed E-state index contributed by atoms with van der Waals surface area (Å²) in [6.45, 7) is 9.19. The summed E-state index contributed by atoms with van der Waals surface area (Å²) in [5.74, 6) is 0.230. The van der Waals surface area contributed by atoms with Crippen LogP contribution in [0.15, 0.2) is 65.8 Å². The Morgan fingerprint density at radius 2 is 1.58 bits per heavy atom. The average Bonchev–Trinajstić information content (AvgIpc) is 2.86. The van der Waals surface area contributed by atoms with Crippen LogP contribution in [-0.2, 0) is 11.2 Å². The number of carbonyl (C=O) groups excluding carboxylic acids is 1. The van der Waals surface area contributed by atoms with E-state index in [2.05, 4.69) is 57.4 Å². The fourth-order valence-corrected chi connectivity index (χ4v) is 3.65. The molecule has 1 fully saturated rings. The van der Waals surface area contributed by atoms with Crippen LogP contribution in [0.3, 0.4) is 0 Å². The molecule has 1 saturated heterocycles. The second kappa shape index (κ2) is 15.9. The standard InChI is InChI=1S/C22H28N2O.C2H6.CH3N3/c1-2-22(25)24(20-11-7-4-8-12-20)21-14-17-23(18-15-21)16-13-19-9-5-3-6-10-19;1-2;1-3-4-2/h3-12,21H,2,13-18H2,1H3;1-2H3;1H3. The van der Waals surface area contributed by atoms with Crippen molar-refractivity contribution in [1.82, 2.24) is 4.90 Å². The van der Waals surface area contributed by atoms with Crippen LogP contribution in [0.5, 0.6) is 0 Å². The number of nitrogens with zero attached hydrogens (tertiary/aromatic N) is 5.